The van der Waals surface area contributed by atoms with Gasteiger partial charge in [-0.25, -0.2) is 0 Å². The van der Waals surface area contributed by atoms with Crippen LogP contribution in [0.4, 0.5) is 0 Å². The maximum atomic E-state index is 12.7. The van der Waals surface area contributed by atoms with Gasteiger partial charge < -0.3 is 4.74 Å². The Labute approximate surface area is 106 Å². The van der Waals surface area contributed by atoms with E-state index in [2.05, 4.69) is 27.7 Å². The van der Waals surface area contributed by atoms with Gasteiger partial charge in [0.15, 0.2) is 5.78 Å². The van der Waals surface area contributed by atoms with Crippen LogP contribution in [-0.2, 0) is 9.53 Å². The Balaban J connectivity index is 2.80. The third kappa shape index (κ3) is 3.09. The van der Waals surface area contributed by atoms with Crippen LogP contribution in [-0.4, -0.2) is 18.5 Å². The van der Waals surface area contributed by atoms with E-state index in [1.165, 1.54) is 6.42 Å². The normalized spacial score (nSPS) is 30.3. The molecule has 0 aromatic heterocycles. The van der Waals surface area contributed by atoms with Gasteiger partial charge in [-0.3, -0.25) is 4.79 Å². The second-order valence-corrected chi connectivity index (χ2v) is 5.88. The van der Waals surface area contributed by atoms with Crippen molar-refractivity contribution in [3.63, 3.8) is 0 Å². The second-order valence-electron chi connectivity index (χ2n) is 5.88. The van der Waals surface area contributed by atoms with Gasteiger partial charge in [0.25, 0.3) is 0 Å². The summed E-state index contributed by atoms with van der Waals surface area (Å²) in [6, 6.07) is 0. The van der Waals surface area contributed by atoms with Crippen molar-refractivity contribution in [3.05, 3.63) is 0 Å². The first-order chi connectivity index (χ1) is 7.99. The molecule has 0 heterocycles. The number of carbonyl (C=O) groups is 1. The van der Waals surface area contributed by atoms with Crippen molar-refractivity contribution in [1.82, 2.24) is 0 Å². The van der Waals surface area contributed by atoms with Gasteiger partial charge in [0.1, 0.15) is 5.60 Å². The van der Waals surface area contributed by atoms with Gasteiger partial charge in [-0.2, -0.15) is 0 Å². The SMILES string of the molecule is CCC(CC)(OC)C(=O)C1CC(C)CC(C)C1. The minimum atomic E-state index is -0.526. The number of hydrogen-bond acceptors (Lipinski definition) is 2. The van der Waals surface area contributed by atoms with Crippen molar-refractivity contribution in [2.75, 3.05) is 7.11 Å². The number of methoxy groups -OCH3 is 1. The molecule has 0 bridgehead atoms. The number of carbonyl (C=O) groups excluding carboxylic acids is 1. The zero-order valence-corrected chi connectivity index (χ0v) is 12.1. The summed E-state index contributed by atoms with van der Waals surface area (Å²) in [5.41, 5.74) is -0.526. The highest BCUT2D eigenvalue weighted by Crippen LogP contribution is 2.37. The predicted molar refractivity (Wildman–Crippen MR) is 71.0 cm³/mol. The first kappa shape index (κ1) is 14.7. The smallest absolute Gasteiger partial charge is 0.167 e. The molecule has 2 unspecified atom stereocenters. The van der Waals surface area contributed by atoms with Crippen molar-refractivity contribution in [2.45, 2.75) is 65.4 Å². The largest absolute Gasteiger partial charge is 0.370 e. The summed E-state index contributed by atoms with van der Waals surface area (Å²) >= 11 is 0. The average Bonchev–Trinajstić information content (AvgIpc) is 2.30. The first-order valence-electron chi connectivity index (χ1n) is 7.08. The summed E-state index contributed by atoms with van der Waals surface area (Å²) in [6.07, 6.45) is 4.95. The van der Waals surface area contributed by atoms with E-state index in [4.69, 9.17) is 4.74 Å². The van der Waals surface area contributed by atoms with E-state index in [1.807, 2.05) is 0 Å². The molecule has 2 atom stereocenters. The average molecular weight is 240 g/mol. The lowest BCUT2D eigenvalue weighted by molar-refractivity contribution is -0.148. The summed E-state index contributed by atoms with van der Waals surface area (Å²) in [6.45, 7) is 8.64. The molecule has 2 heteroatoms. The Hall–Kier alpha value is -0.370. The number of rotatable bonds is 5. The lowest BCUT2D eigenvalue weighted by atomic mass is 9.71. The fourth-order valence-electron chi connectivity index (χ4n) is 3.52. The van der Waals surface area contributed by atoms with Gasteiger partial charge in [-0.15, -0.1) is 0 Å². The molecule has 0 N–H and O–H groups in total. The Morgan fingerprint density at radius 3 is 1.94 bits per heavy atom. The number of ketones is 1. The fraction of sp³-hybridized carbons (Fsp3) is 0.933. The molecule has 100 valence electrons. The number of ether oxygens (including phenoxy) is 1. The highest BCUT2D eigenvalue weighted by molar-refractivity contribution is 5.89. The molecule has 0 saturated heterocycles. The maximum absolute atomic E-state index is 12.7. The van der Waals surface area contributed by atoms with Crippen LogP contribution in [0.2, 0.25) is 0 Å². The fourth-order valence-corrected chi connectivity index (χ4v) is 3.52. The summed E-state index contributed by atoms with van der Waals surface area (Å²) < 4.78 is 5.57. The van der Waals surface area contributed by atoms with Crippen LogP contribution in [0.3, 0.4) is 0 Å². The van der Waals surface area contributed by atoms with Crippen molar-refractivity contribution in [1.29, 1.82) is 0 Å². The van der Waals surface area contributed by atoms with Crippen molar-refractivity contribution in [3.8, 4) is 0 Å². The molecule has 0 spiro atoms. The van der Waals surface area contributed by atoms with Crippen molar-refractivity contribution >= 4 is 5.78 Å². The van der Waals surface area contributed by atoms with Gasteiger partial charge in [-0.05, 0) is 43.9 Å². The summed E-state index contributed by atoms with van der Waals surface area (Å²) in [5.74, 6) is 1.92. The molecular formula is C15H28O2. The van der Waals surface area contributed by atoms with Crippen LogP contribution in [0.1, 0.15) is 59.8 Å². The molecule has 17 heavy (non-hydrogen) atoms. The minimum absolute atomic E-state index is 0.216. The second kappa shape index (κ2) is 5.99. The van der Waals surface area contributed by atoms with E-state index < -0.39 is 5.60 Å². The van der Waals surface area contributed by atoms with Crippen molar-refractivity contribution in [2.24, 2.45) is 17.8 Å². The van der Waals surface area contributed by atoms with E-state index >= 15 is 0 Å². The maximum Gasteiger partial charge on any atom is 0.167 e. The topological polar surface area (TPSA) is 26.3 Å². The van der Waals surface area contributed by atoms with Crippen molar-refractivity contribution < 1.29 is 9.53 Å². The highest BCUT2D eigenvalue weighted by atomic mass is 16.5. The molecule has 0 radical (unpaired) electrons. The monoisotopic (exact) mass is 240 g/mol. The lowest BCUT2D eigenvalue weighted by Crippen LogP contribution is -2.45. The predicted octanol–water partition coefficient (Wildman–Crippen LogP) is 3.83. The summed E-state index contributed by atoms with van der Waals surface area (Å²) in [5, 5.41) is 0. The van der Waals surface area contributed by atoms with Crippen LogP contribution in [0, 0.1) is 17.8 Å². The Morgan fingerprint density at radius 2 is 1.59 bits per heavy atom. The molecule has 2 nitrogen and oxygen atoms in total. The Kier molecular flexibility index (Phi) is 5.18. The van der Waals surface area contributed by atoms with E-state index in [9.17, 15) is 4.79 Å². The molecule has 0 aliphatic heterocycles. The quantitative estimate of drug-likeness (QED) is 0.730. The highest BCUT2D eigenvalue weighted by Gasteiger charge is 2.41. The molecule has 1 saturated carbocycles. The molecule has 0 aromatic carbocycles. The Morgan fingerprint density at radius 1 is 1.12 bits per heavy atom. The number of Topliss-reactive ketones (excluding diaryl/α,β-unsaturated/α-hetero) is 1. The number of hydrogen-bond donors (Lipinski definition) is 0. The third-order valence-electron chi connectivity index (χ3n) is 4.53. The van der Waals surface area contributed by atoms with Crippen LogP contribution in [0.25, 0.3) is 0 Å². The van der Waals surface area contributed by atoms with Gasteiger partial charge in [0.2, 0.25) is 0 Å². The van der Waals surface area contributed by atoms with Crippen LogP contribution in [0.15, 0.2) is 0 Å². The zero-order valence-electron chi connectivity index (χ0n) is 12.1. The first-order valence-corrected chi connectivity index (χ1v) is 7.08. The Bertz CT molecular complexity index is 237. The van der Waals surface area contributed by atoms with Gasteiger partial charge >= 0.3 is 0 Å². The molecule has 0 amide bonds. The molecule has 0 aromatic rings. The summed E-state index contributed by atoms with van der Waals surface area (Å²) in [4.78, 5) is 12.7. The van der Waals surface area contributed by atoms with E-state index in [-0.39, 0.29) is 5.92 Å². The van der Waals surface area contributed by atoms with Crippen LogP contribution >= 0.6 is 0 Å². The van der Waals surface area contributed by atoms with E-state index in [0.717, 1.165) is 25.7 Å². The molecule has 1 aliphatic rings. The standard InChI is InChI=1S/C15H28O2/c1-6-15(7-2,17-5)14(16)13-9-11(3)8-12(4)10-13/h11-13H,6-10H2,1-5H3. The van der Waals surface area contributed by atoms with Gasteiger partial charge in [0, 0.05) is 13.0 Å². The van der Waals surface area contributed by atoms with E-state index in [0.29, 0.717) is 17.6 Å². The van der Waals surface area contributed by atoms with Gasteiger partial charge in [0.05, 0.1) is 0 Å². The van der Waals surface area contributed by atoms with Crippen LogP contribution in [0.5, 0.6) is 0 Å². The molecule has 1 fully saturated rings. The molecular weight excluding hydrogens is 212 g/mol. The molecule has 1 aliphatic carbocycles. The third-order valence-corrected chi connectivity index (χ3v) is 4.53. The lowest BCUT2D eigenvalue weighted by Gasteiger charge is -2.37. The zero-order chi connectivity index (χ0) is 13.1. The summed E-state index contributed by atoms with van der Waals surface area (Å²) in [7, 11) is 1.68. The van der Waals surface area contributed by atoms with E-state index in [1.54, 1.807) is 7.11 Å². The van der Waals surface area contributed by atoms with Crippen LogP contribution < -0.4 is 0 Å². The minimum Gasteiger partial charge on any atom is -0.370 e. The molecule has 1 rings (SSSR count). The van der Waals surface area contributed by atoms with Gasteiger partial charge in [-0.1, -0.05) is 27.7 Å².